The fraction of sp³-hybridized carbons (Fsp3) is 0.571. The molecule has 0 bridgehead atoms. The summed E-state index contributed by atoms with van der Waals surface area (Å²) in [4.78, 5) is 0. The summed E-state index contributed by atoms with van der Waals surface area (Å²) in [7, 11) is 0. The van der Waals surface area contributed by atoms with Crippen molar-refractivity contribution in [3.63, 3.8) is 0 Å². The van der Waals surface area contributed by atoms with Crippen LogP contribution in [0.5, 0.6) is 5.75 Å². The van der Waals surface area contributed by atoms with E-state index in [0.717, 1.165) is 13.0 Å². The van der Waals surface area contributed by atoms with Crippen LogP contribution in [0.4, 0.5) is 0 Å². The molecule has 0 radical (unpaired) electrons. The highest BCUT2D eigenvalue weighted by Crippen LogP contribution is 2.33. The van der Waals surface area contributed by atoms with E-state index in [2.05, 4.69) is 25.2 Å². The zero-order chi connectivity index (χ0) is 11.5. The molecule has 0 spiro atoms. The van der Waals surface area contributed by atoms with Crippen molar-refractivity contribution in [2.24, 2.45) is 0 Å². The van der Waals surface area contributed by atoms with Gasteiger partial charge >= 0.3 is 0 Å². The van der Waals surface area contributed by atoms with Crippen LogP contribution in [0, 0.1) is 0 Å². The Morgan fingerprint density at radius 2 is 2.25 bits per heavy atom. The van der Waals surface area contributed by atoms with Gasteiger partial charge in [0.2, 0.25) is 0 Å². The minimum atomic E-state index is 0.391. The molecule has 1 aromatic rings. The Labute approximate surface area is 97.7 Å². The summed E-state index contributed by atoms with van der Waals surface area (Å²) < 4.78 is 0. The van der Waals surface area contributed by atoms with Crippen molar-refractivity contribution < 1.29 is 5.11 Å². The monoisotopic (exact) mass is 219 g/mol. The summed E-state index contributed by atoms with van der Waals surface area (Å²) >= 11 is 0. The Morgan fingerprint density at radius 1 is 1.44 bits per heavy atom. The van der Waals surface area contributed by atoms with Gasteiger partial charge in [-0.25, -0.2) is 0 Å². The third kappa shape index (κ3) is 2.22. The number of benzene rings is 1. The van der Waals surface area contributed by atoms with Crippen molar-refractivity contribution in [3.8, 4) is 5.75 Å². The van der Waals surface area contributed by atoms with E-state index in [9.17, 15) is 5.11 Å². The number of phenols is 1. The number of phenolic OH excluding ortho intramolecular Hbond substituents is 1. The maximum absolute atomic E-state index is 9.55. The molecule has 1 aliphatic carbocycles. The predicted octanol–water partition coefficient (Wildman–Crippen LogP) is 2.81. The standard InChI is InChI=1S/C14H21NO/c1-3-8-15-14-7-5-11-4-6-12(16)9-13(11)10(14)2/h4,6,9-10,14-16H,3,5,7-8H2,1-2H3/t10?,14-/m1/s1. The molecule has 2 nitrogen and oxygen atoms in total. The molecule has 0 amide bonds. The van der Waals surface area contributed by atoms with E-state index in [4.69, 9.17) is 0 Å². The van der Waals surface area contributed by atoms with E-state index in [1.165, 1.54) is 24.0 Å². The number of aromatic hydroxyl groups is 1. The van der Waals surface area contributed by atoms with Crippen LogP contribution >= 0.6 is 0 Å². The minimum absolute atomic E-state index is 0.391. The first kappa shape index (κ1) is 11.5. The van der Waals surface area contributed by atoms with E-state index >= 15 is 0 Å². The van der Waals surface area contributed by atoms with E-state index in [-0.39, 0.29) is 0 Å². The Morgan fingerprint density at radius 3 is 3.00 bits per heavy atom. The highest BCUT2D eigenvalue weighted by Gasteiger charge is 2.25. The highest BCUT2D eigenvalue weighted by molar-refractivity contribution is 5.39. The first-order valence-electron chi connectivity index (χ1n) is 6.27. The Bertz CT molecular complexity index is 362. The van der Waals surface area contributed by atoms with E-state index < -0.39 is 0 Å². The molecule has 2 heteroatoms. The van der Waals surface area contributed by atoms with Gasteiger partial charge in [-0.05, 0) is 55.0 Å². The Balaban J connectivity index is 2.17. The number of nitrogens with one attached hydrogen (secondary N) is 1. The zero-order valence-electron chi connectivity index (χ0n) is 10.2. The molecule has 2 rings (SSSR count). The lowest BCUT2D eigenvalue weighted by molar-refractivity contribution is 0.401. The van der Waals surface area contributed by atoms with Crippen LogP contribution in [0.2, 0.25) is 0 Å². The fourth-order valence-electron chi connectivity index (χ4n) is 2.62. The lowest BCUT2D eigenvalue weighted by atomic mass is 9.80. The van der Waals surface area contributed by atoms with Gasteiger partial charge in [0.15, 0.2) is 0 Å². The summed E-state index contributed by atoms with van der Waals surface area (Å²) in [6.45, 7) is 5.54. The SMILES string of the molecule is CCCN[C@@H]1CCc2ccc(O)cc2C1C. The molecule has 0 aliphatic heterocycles. The lowest BCUT2D eigenvalue weighted by Crippen LogP contribution is -2.37. The smallest absolute Gasteiger partial charge is 0.115 e. The molecule has 88 valence electrons. The normalized spacial score (nSPS) is 24.1. The number of aryl methyl sites for hydroxylation is 1. The first-order chi connectivity index (χ1) is 7.72. The molecule has 0 heterocycles. The minimum Gasteiger partial charge on any atom is -0.508 e. The Kier molecular flexibility index (Phi) is 3.49. The van der Waals surface area contributed by atoms with Gasteiger partial charge in [0.25, 0.3) is 0 Å². The topological polar surface area (TPSA) is 32.3 Å². The first-order valence-corrected chi connectivity index (χ1v) is 6.27. The van der Waals surface area contributed by atoms with Gasteiger partial charge in [0, 0.05) is 6.04 Å². The van der Waals surface area contributed by atoms with Crippen LogP contribution in [0.25, 0.3) is 0 Å². The molecule has 2 N–H and O–H groups in total. The van der Waals surface area contributed by atoms with Crippen LogP contribution in [-0.2, 0) is 6.42 Å². The molecular formula is C14H21NO. The number of rotatable bonds is 3. The molecule has 0 saturated heterocycles. The zero-order valence-corrected chi connectivity index (χ0v) is 10.2. The summed E-state index contributed by atoms with van der Waals surface area (Å²) in [5.41, 5.74) is 2.72. The van der Waals surface area contributed by atoms with E-state index in [1.54, 1.807) is 6.07 Å². The largest absolute Gasteiger partial charge is 0.508 e. The molecular weight excluding hydrogens is 198 g/mol. The van der Waals surface area contributed by atoms with Crippen LogP contribution < -0.4 is 5.32 Å². The molecule has 2 atom stereocenters. The second-order valence-electron chi connectivity index (χ2n) is 4.77. The molecule has 0 saturated carbocycles. The third-order valence-corrected chi connectivity index (χ3v) is 3.60. The van der Waals surface area contributed by atoms with Crippen LogP contribution in [0.15, 0.2) is 18.2 Å². The predicted molar refractivity (Wildman–Crippen MR) is 66.9 cm³/mol. The van der Waals surface area contributed by atoms with Crippen molar-refractivity contribution in [1.29, 1.82) is 0 Å². The average molecular weight is 219 g/mol. The Hall–Kier alpha value is -1.02. The molecule has 16 heavy (non-hydrogen) atoms. The van der Waals surface area contributed by atoms with E-state index in [1.807, 2.05) is 6.07 Å². The maximum Gasteiger partial charge on any atom is 0.115 e. The average Bonchev–Trinajstić information content (AvgIpc) is 2.29. The van der Waals surface area contributed by atoms with Gasteiger partial charge in [-0.15, -0.1) is 0 Å². The third-order valence-electron chi connectivity index (χ3n) is 3.60. The van der Waals surface area contributed by atoms with Gasteiger partial charge in [0.1, 0.15) is 5.75 Å². The molecule has 0 fully saturated rings. The van der Waals surface area contributed by atoms with Gasteiger partial charge in [0.05, 0.1) is 0 Å². The van der Waals surface area contributed by atoms with Crippen molar-refractivity contribution in [2.75, 3.05) is 6.54 Å². The van der Waals surface area contributed by atoms with Crippen molar-refractivity contribution in [2.45, 2.75) is 45.1 Å². The summed E-state index contributed by atoms with van der Waals surface area (Å²) in [6.07, 6.45) is 3.51. The van der Waals surface area contributed by atoms with Crippen LogP contribution in [-0.4, -0.2) is 17.7 Å². The second-order valence-corrected chi connectivity index (χ2v) is 4.77. The molecule has 0 aromatic heterocycles. The van der Waals surface area contributed by atoms with Crippen molar-refractivity contribution >= 4 is 0 Å². The van der Waals surface area contributed by atoms with Crippen molar-refractivity contribution in [1.82, 2.24) is 5.32 Å². The number of hydrogen-bond acceptors (Lipinski definition) is 2. The van der Waals surface area contributed by atoms with E-state index in [0.29, 0.717) is 17.7 Å². The van der Waals surface area contributed by atoms with Gasteiger partial charge < -0.3 is 10.4 Å². The fourth-order valence-corrected chi connectivity index (χ4v) is 2.62. The van der Waals surface area contributed by atoms with Gasteiger partial charge in [-0.2, -0.15) is 0 Å². The molecule has 1 unspecified atom stereocenters. The van der Waals surface area contributed by atoms with Crippen molar-refractivity contribution in [3.05, 3.63) is 29.3 Å². The van der Waals surface area contributed by atoms with Crippen LogP contribution in [0.1, 0.15) is 43.7 Å². The molecule has 1 aliphatic rings. The quantitative estimate of drug-likeness (QED) is 0.819. The number of hydrogen-bond donors (Lipinski definition) is 2. The van der Waals surface area contributed by atoms with Crippen LogP contribution in [0.3, 0.4) is 0 Å². The lowest BCUT2D eigenvalue weighted by Gasteiger charge is -2.32. The molecule has 1 aromatic carbocycles. The summed E-state index contributed by atoms with van der Waals surface area (Å²) in [5, 5.41) is 13.1. The summed E-state index contributed by atoms with van der Waals surface area (Å²) in [6, 6.07) is 6.36. The maximum atomic E-state index is 9.55. The van der Waals surface area contributed by atoms with Gasteiger partial charge in [-0.1, -0.05) is 19.9 Å². The summed E-state index contributed by atoms with van der Waals surface area (Å²) in [5.74, 6) is 0.893. The number of fused-ring (bicyclic) bond motifs is 1. The van der Waals surface area contributed by atoms with Gasteiger partial charge in [-0.3, -0.25) is 0 Å². The second kappa shape index (κ2) is 4.88. The highest BCUT2D eigenvalue weighted by atomic mass is 16.3.